The summed E-state index contributed by atoms with van der Waals surface area (Å²) in [4.78, 5) is 12.2. The van der Waals surface area contributed by atoms with Gasteiger partial charge in [-0.2, -0.15) is 0 Å². The van der Waals surface area contributed by atoms with Crippen LogP contribution in [0.1, 0.15) is 50.5 Å². The van der Waals surface area contributed by atoms with Gasteiger partial charge in [-0.25, -0.2) is 4.39 Å². The van der Waals surface area contributed by atoms with E-state index >= 15 is 0 Å². The van der Waals surface area contributed by atoms with Crippen LogP contribution in [0.4, 0.5) is 4.39 Å². The summed E-state index contributed by atoms with van der Waals surface area (Å²) in [5.41, 5.74) is 6.17. The molecule has 3 N–H and O–H groups in total. The third kappa shape index (κ3) is 3.37. The smallest absolute Gasteiger partial charge is 0.221 e. The lowest BCUT2D eigenvalue weighted by atomic mass is 9.94. The number of carbonyl (C=O) groups excluding carboxylic acids is 1. The first-order chi connectivity index (χ1) is 9.56. The predicted octanol–water partition coefficient (Wildman–Crippen LogP) is 2.71. The van der Waals surface area contributed by atoms with E-state index in [1.807, 2.05) is 6.92 Å². The van der Waals surface area contributed by atoms with E-state index in [-0.39, 0.29) is 23.2 Å². The Hall–Kier alpha value is -1.42. The van der Waals surface area contributed by atoms with Crippen LogP contribution in [0.5, 0.6) is 0 Å². The Balaban J connectivity index is 1.96. The predicted molar refractivity (Wildman–Crippen MR) is 77.8 cm³/mol. The van der Waals surface area contributed by atoms with Crippen LogP contribution in [0, 0.1) is 5.82 Å². The van der Waals surface area contributed by atoms with Crippen molar-refractivity contribution in [2.45, 2.75) is 50.5 Å². The Morgan fingerprint density at radius 1 is 1.40 bits per heavy atom. The average molecular weight is 278 g/mol. The average Bonchev–Trinajstić information content (AvgIpc) is 2.88. The fourth-order valence-corrected chi connectivity index (χ4v) is 3.04. The maximum absolute atomic E-state index is 13.7. The number of halogens is 1. The van der Waals surface area contributed by atoms with Crippen LogP contribution in [0.2, 0.25) is 0 Å². The van der Waals surface area contributed by atoms with Crippen molar-refractivity contribution < 1.29 is 9.18 Å². The second-order valence-electron chi connectivity index (χ2n) is 5.87. The van der Waals surface area contributed by atoms with Crippen LogP contribution in [0.25, 0.3) is 0 Å². The van der Waals surface area contributed by atoms with Crippen LogP contribution >= 0.6 is 0 Å². The third-order valence-electron chi connectivity index (χ3n) is 4.28. The molecule has 0 aromatic heterocycles. The summed E-state index contributed by atoms with van der Waals surface area (Å²) in [7, 11) is 0. The zero-order valence-electron chi connectivity index (χ0n) is 12.0. The summed E-state index contributed by atoms with van der Waals surface area (Å²) in [5, 5.41) is 3.08. The van der Waals surface area contributed by atoms with Crippen molar-refractivity contribution in [1.82, 2.24) is 5.32 Å². The first kappa shape index (κ1) is 15.0. The molecule has 20 heavy (non-hydrogen) atoms. The summed E-state index contributed by atoms with van der Waals surface area (Å²) in [6, 6.07) is 6.63. The van der Waals surface area contributed by atoms with Gasteiger partial charge in [-0.05, 0) is 30.4 Å². The summed E-state index contributed by atoms with van der Waals surface area (Å²) >= 11 is 0. The zero-order valence-corrected chi connectivity index (χ0v) is 12.0. The van der Waals surface area contributed by atoms with Crippen LogP contribution in [-0.2, 0) is 4.79 Å². The molecule has 1 aromatic rings. The highest BCUT2D eigenvalue weighted by Crippen LogP contribution is 2.29. The largest absolute Gasteiger partial charge is 0.349 e. The van der Waals surface area contributed by atoms with Gasteiger partial charge in [0.05, 0.1) is 5.54 Å². The zero-order chi connectivity index (χ0) is 14.6. The Bertz CT molecular complexity index is 469. The molecule has 1 amide bonds. The van der Waals surface area contributed by atoms with Crippen LogP contribution < -0.4 is 11.1 Å². The van der Waals surface area contributed by atoms with Gasteiger partial charge in [-0.3, -0.25) is 4.79 Å². The molecule has 1 saturated carbocycles. The molecule has 0 bridgehead atoms. The number of nitrogens with one attached hydrogen (secondary N) is 1. The van der Waals surface area contributed by atoms with Crippen molar-refractivity contribution in [2.24, 2.45) is 5.73 Å². The van der Waals surface area contributed by atoms with Crippen molar-refractivity contribution in [3.63, 3.8) is 0 Å². The van der Waals surface area contributed by atoms with Crippen molar-refractivity contribution in [3.8, 4) is 0 Å². The number of amides is 1. The Morgan fingerprint density at radius 3 is 2.65 bits per heavy atom. The second kappa shape index (κ2) is 6.35. The maximum atomic E-state index is 13.7. The minimum absolute atomic E-state index is 0.0342. The molecule has 1 aliphatic carbocycles. The molecule has 0 spiro atoms. The quantitative estimate of drug-likeness (QED) is 0.870. The Labute approximate surface area is 119 Å². The van der Waals surface area contributed by atoms with E-state index in [9.17, 15) is 9.18 Å². The van der Waals surface area contributed by atoms with Gasteiger partial charge in [-0.15, -0.1) is 0 Å². The standard InChI is InChI=1S/C16H23FN2O/c1-12(13-6-2-3-7-14(13)17)10-15(20)19-16(11-18)8-4-5-9-16/h2-3,6-7,12H,4-5,8-11,18H2,1H3,(H,19,20). The van der Waals surface area contributed by atoms with Gasteiger partial charge in [0.2, 0.25) is 5.91 Å². The molecule has 1 aromatic carbocycles. The van der Waals surface area contributed by atoms with E-state index in [0.29, 0.717) is 18.5 Å². The summed E-state index contributed by atoms with van der Waals surface area (Å²) in [6.45, 7) is 2.36. The van der Waals surface area contributed by atoms with E-state index in [0.717, 1.165) is 25.7 Å². The lowest BCUT2D eigenvalue weighted by Gasteiger charge is -2.29. The van der Waals surface area contributed by atoms with Crippen molar-refractivity contribution in [2.75, 3.05) is 6.54 Å². The molecule has 2 rings (SSSR count). The second-order valence-corrected chi connectivity index (χ2v) is 5.87. The van der Waals surface area contributed by atoms with E-state index < -0.39 is 0 Å². The molecule has 110 valence electrons. The number of rotatable bonds is 5. The number of benzene rings is 1. The lowest BCUT2D eigenvalue weighted by molar-refractivity contribution is -0.123. The van der Waals surface area contributed by atoms with Gasteiger partial charge < -0.3 is 11.1 Å². The topological polar surface area (TPSA) is 55.1 Å². The summed E-state index contributed by atoms with van der Waals surface area (Å²) < 4.78 is 13.7. The van der Waals surface area contributed by atoms with Gasteiger partial charge in [0.1, 0.15) is 5.82 Å². The number of hydrogen-bond donors (Lipinski definition) is 2. The van der Waals surface area contributed by atoms with Crippen LogP contribution in [0.3, 0.4) is 0 Å². The van der Waals surface area contributed by atoms with Crippen LogP contribution in [0.15, 0.2) is 24.3 Å². The number of carbonyl (C=O) groups is 1. The third-order valence-corrected chi connectivity index (χ3v) is 4.28. The fourth-order valence-electron chi connectivity index (χ4n) is 3.04. The first-order valence-electron chi connectivity index (χ1n) is 7.32. The number of nitrogens with two attached hydrogens (primary N) is 1. The van der Waals surface area contributed by atoms with Gasteiger partial charge in [-0.1, -0.05) is 38.0 Å². The van der Waals surface area contributed by atoms with Crippen molar-refractivity contribution in [3.05, 3.63) is 35.6 Å². The van der Waals surface area contributed by atoms with Crippen LogP contribution in [-0.4, -0.2) is 18.0 Å². The molecule has 0 saturated heterocycles. The summed E-state index contributed by atoms with van der Waals surface area (Å²) in [5.74, 6) is -0.414. The molecule has 0 heterocycles. The highest BCUT2D eigenvalue weighted by Gasteiger charge is 2.34. The molecule has 3 nitrogen and oxygen atoms in total. The first-order valence-corrected chi connectivity index (χ1v) is 7.32. The monoisotopic (exact) mass is 278 g/mol. The van der Waals surface area contributed by atoms with E-state index in [2.05, 4.69) is 5.32 Å². The molecular weight excluding hydrogens is 255 g/mol. The van der Waals surface area contributed by atoms with E-state index in [1.54, 1.807) is 18.2 Å². The fraction of sp³-hybridized carbons (Fsp3) is 0.562. The molecule has 1 aliphatic rings. The minimum Gasteiger partial charge on any atom is -0.349 e. The van der Waals surface area contributed by atoms with Gasteiger partial charge in [0, 0.05) is 13.0 Å². The van der Waals surface area contributed by atoms with E-state index in [4.69, 9.17) is 5.73 Å². The highest BCUT2D eigenvalue weighted by molar-refractivity contribution is 5.77. The molecule has 0 aliphatic heterocycles. The minimum atomic E-state index is -0.248. The van der Waals surface area contributed by atoms with E-state index in [1.165, 1.54) is 6.07 Å². The normalized spacial score (nSPS) is 18.8. The molecule has 1 fully saturated rings. The summed E-state index contributed by atoms with van der Waals surface area (Å²) in [6.07, 6.45) is 4.41. The maximum Gasteiger partial charge on any atom is 0.221 e. The molecular formula is C16H23FN2O. The van der Waals surface area contributed by atoms with Crippen molar-refractivity contribution in [1.29, 1.82) is 0 Å². The molecule has 0 radical (unpaired) electrons. The molecule has 1 unspecified atom stereocenters. The Morgan fingerprint density at radius 2 is 2.05 bits per heavy atom. The SMILES string of the molecule is CC(CC(=O)NC1(CN)CCCC1)c1ccccc1F. The lowest BCUT2D eigenvalue weighted by Crippen LogP contribution is -2.51. The van der Waals surface area contributed by atoms with Gasteiger partial charge in [0.25, 0.3) is 0 Å². The van der Waals surface area contributed by atoms with Gasteiger partial charge in [0.15, 0.2) is 0 Å². The highest BCUT2D eigenvalue weighted by atomic mass is 19.1. The molecule has 4 heteroatoms. The number of hydrogen-bond acceptors (Lipinski definition) is 2. The Kier molecular flexibility index (Phi) is 4.76. The van der Waals surface area contributed by atoms with Crippen molar-refractivity contribution >= 4 is 5.91 Å². The van der Waals surface area contributed by atoms with Gasteiger partial charge >= 0.3 is 0 Å². The molecule has 1 atom stereocenters.